The third-order valence-electron chi connectivity index (χ3n) is 6.14. The second kappa shape index (κ2) is 11.7. The second-order valence-corrected chi connectivity index (χ2v) is 8.69. The summed E-state index contributed by atoms with van der Waals surface area (Å²) in [6.45, 7) is 9.46. The molecule has 1 aromatic heterocycles. The van der Waals surface area contributed by atoms with Crippen molar-refractivity contribution < 1.29 is 14.6 Å². The zero-order valence-corrected chi connectivity index (χ0v) is 21.1. The lowest BCUT2D eigenvalue weighted by atomic mass is 10.00. The van der Waals surface area contributed by atoms with E-state index in [1.807, 2.05) is 48.5 Å². The Kier molecular flexibility index (Phi) is 8.18. The Morgan fingerprint density at radius 3 is 2.39 bits per heavy atom. The lowest BCUT2D eigenvalue weighted by Gasteiger charge is -2.19. The fourth-order valence-electron chi connectivity index (χ4n) is 4.35. The Balaban J connectivity index is 1.75. The average molecular weight is 484 g/mol. The maximum Gasteiger partial charge on any atom is 0.338 e. The van der Waals surface area contributed by atoms with Gasteiger partial charge in [-0.2, -0.15) is 0 Å². The van der Waals surface area contributed by atoms with E-state index in [9.17, 15) is 9.90 Å². The molecule has 6 heteroatoms. The maximum absolute atomic E-state index is 12.2. The van der Waals surface area contributed by atoms with Crippen molar-refractivity contribution in [3.8, 4) is 5.88 Å². The minimum atomic E-state index is -0.396. The minimum absolute atomic E-state index is 0.00313. The van der Waals surface area contributed by atoms with Crippen molar-refractivity contribution in [2.75, 3.05) is 19.7 Å². The van der Waals surface area contributed by atoms with E-state index in [1.54, 1.807) is 19.1 Å². The van der Waals surface area contributed by atoms with Crippen LogP contribution in [0.25, 0.3) is 10.9 Å². The molecule has 0 fully saturated rings. The van der Waals surface area contributed by atoms with Crippen LogP contribution in [0.5, 0.6) is 5.88 Å². The van der Waals surface area contributed by atoms with Crippen LogP contribution in [0, 0.1) is 0 Å². The standard InChI is InChI=1S/C30H33N3O3/c1-4-18-33(5-2)20-21-12-15-24(16-13-21)31-28(22-10-8-7-9-11-22)27-25-17-14-23(30(35)36-6-3)19-26(25)32-29(27)34/h7-17,19,32,34H,4-6,18,20H2,1-3H3. The Morgan fingerprint density at radius 1 is 0.972 bits per heavy atom. The van der Waals surface area contributed by atoms with E-state index < -0.39 is 5.97 Å². The molecule has 0 unspecified atom stereocenters. The number of ether oxygens (including phenoxy) is 1. The van der Waals surface area contributed by atoms with Crippen LogP contribution in [0.15, 0.2) is 77.8 Å². The molecule has 6 nitrogen and oxygen atoms in total. The second-order valence-electron chi connectivity index (χ2n) is 8.69. The molecule has 0 atom stereocenters. The van der Waals surface area contributed by atoms with Gasteiger partial charge in [0.25, 0.3) is 0 Å². The summed E-state index contributed by atoms with van der Waals surface area (Å²) in [6.07, 6.45) is 1.13. The molecule has 0 aliphatic rings. The Morgan fingerprint density at radius 2 is 1.72 bits per heavy atom. The number of benzene rings is 3. The summed E-state index contributed by atoms with van der Waals surface area (Å²) in [7, 11) is 0. The van der Waals surface area contributed by atoms with Gasteiger partial charge in [0.2, 0.25) is 0 Å². The number of carbonyl (C=O) groups excluding carboxylic acids is 1. The van der Waals surface area contributed by atoms with Gasteiger partial charge in [0.05, 0.1) is 29.1 Å². The molecular formula is C30H33N3O3. The highest BCUT2D eigenvalue weighted by molar-refractivity contribution is 6.22. The van der Waals surface area contributed by atoms with Crippen LogP contribution < -0.4 is 0 Å². The zero-order valence-electron chi connectivity index (χ0n) is 21.1. The van der Waals surface area contributed by atoms with E-state index >= 15 is 0 Å². The molecule has 3 aromatic carbocycles. The van der Waals surface area contributed by atoms with Crippen molar-refractivity contribution in [3.63, 3.8) is 0 Å². The SMILES string of the molecule is CCCN(CC)Cc1ccc(N=C(c2ccccc2)c2c(O)[nH]c3cc(C(=O)OCC)ccc23)cc1. The van der Waals surface area contributed by atoms with Crippen molar-refractivity contribution in [2.45, 2.75) is 33.7 Å². The zero-order chi connectivity index (χ0) is 25.5. The highest BCUT2D eigenvalue weighted by atomic mass is 16.5. The molecule has 0 spiro atoms. The third kappa shape index (κ3) is 5.66. The van der Waals surface area contributed by atoms with Gasteiger partial charge in [0.15, 0.2) is 5.88 Å². The fourth-order valence-corrected chi connectivity index (χ4v) is 4.35. The largest absolute Gasteiger partial charge is 0.494 e. The first-order valence-corrected chi connectivity index (χ1v) is 12.5. The molecule has 0 saturated heterocycles. The molecule has 4 rings (SSSR count). The molecule has 0 aliphatic carbocycles. The molecule has 0 amide bonds. The van der Waals surface area contributed by atoms with E-state index in [1.165, 1.54) is 5.56 Å². The number of nitrogens with one attached hydrogen (secondary N) is 1. The van der Waals surface area contributed by atoms with Gasteiger partial charge < -0.3 is 14.8 Å². The monoisotopic (exact) mass is 483 g/mol. The number of rotatable bonds is 10. The Bertz CT molecular complexity index is 1340. The predicted octanol–water partition coefficient (Wildman–Crippen LogP) is 6.45. The summed E-state index contributed by atoms with van der Waals surface area (Å²) in [5, 5.41) is 11.7. The summed E-state index contributed by atoms with van der Waals surface area (Å²) in [5.74, 6) is -0.393. The van der Waals surface area contributed by atoms with E-state index in [-0.39, 0.29) is 5.88 Å². The van der Waals surface area contributed by atoms with Gasteiger partial charge in [-0.15, -0.1) is 0 Å². The molecule has 0 bridgehead atoms. The highest BCUT2D eigenvalue weighted by Crippen LogP contribution is 2.32. The first-order valence-electron chi connectivity index (χ1n) is 12.5. The summed E-state index contributed by atoms with van der Waals surface area (Å²) < 4.78 is 5.12. The third-order valence-corrected chi connectivity index (χ3v) is 6.14. The molecule has 0 saturated carbocycles. The number of carbonyl (C=O) groups is 1. The van der Waals surface area contributed by atoms with Crippen LogP contribution in [0.4, 0.5) is 5.69 Å². The number of fused-ring (bicyclic) bond motifs is 1. The Labute approximate surface area is 212 Å². The van der Waals surface area contributed by atoms with E-state index in [2.05, 4.69) is 35.9 Å². The number of nitrogens with zero attached hydrogens (tertiary/aromatic N) is 2. The number of aromatic hydroxyl groups is 1. The van der Waals surface area contributed by atoms with E-state index in [4.69, 9.17) is 9.73 Å². The Hall–Kier alpha value is -3.90. The highest BCUT2D eigenvalue weighted by Gasteiger charge is 2.20. The molecule has 4 aromatic rings. The number of hydrogen-bond acceptors (Lipinski definition) is 5. The fraction of sp³-hybridized carbons (Fsp3) is 0.267. The van der Waals surface area contributed by atoms with Crippen LogP contribution >= 0.6 is 0 Å². The van der Waals surface area contributed by atoms with Gasteiger partial charge in [-0.25, -0.2) is 9.79 Å². The van der Waals surface area contributed by atoms with Crippen molar-refractivity contribution in [1.82, 2.24) is 9.88 Å². The topological polar surface area (TPSA) is 77.9 Å². The van der Waals surface area contributed by atoms with Gasteiger partial charge in [0, 0.05) is 23.0 Å². The quantitative estimate of drug-likeness (QED) is 0.201. The number of aromatic nitrogens is 1. The van der Waals surface area contributed by atoms with Gasteiger partial charge in [0.1, 0.15) is 0 Å². The molecule has 186 valence electrons. The number of aromatic amines is 1. The van der Waals surface area contributed by atoms with Gasteiger partial charge in [-0.1, -0.05) is 62.4 Å². The number of esters is 1. The molecule has 1 heterocycles. The normalized spacial score (nSPS) is 11.8. The summed E-state index contributed by atoms with van der Waals surface area (Å²) >= 11 is 0. The van der Waals surface area contributed by atoms with Crippen molar-refractivity contribution in [3.05, 3.63) is 95.1 Å². The molecule has 36 heavy (non-hydrogen) atoms. The predicted molar refractivity (Wildman–Crippen MR) is 145 cm³/mol. The summed E-state index contributed by atoms with van der Waals surface area (Å²) in [5.41, 5.74) is 5.23. The van der Waals surface area contributed by atoms with Crippen LogP contribution in [-0.4, -0.2) is 46.4 Å². The molecule has 2 N–H and O–H groups in total. The van der Waals surface area contributed by atoms with Gasteiger partial charge in [-0.3, -0.25) is 4.90 Å². The maximum atomic E-state index is 12.2. The van der Waals surface area contributed by atoms with Gasteiger partial charge in [-0.05, 0) is 56.3 Å². The molecule has 0 aliphatic heterocycles. The molecular weight excluding hydrogens is 450 g/mol. The molecule has 0 radical (unpaired) electrons. The van der Waals surface area contributed by atoms with E-state index in [0.29, 0.717) is 29.0 Å². The van der Waals surface area contributed by atoms with Gasteiger partial charge >= 0.3 is 5.97 Å². The smallest absolute Gasteiger partial charge is 0.338 e. The first kappa shape index (κ1) is 25.2. The van der Waals surface area contributed by atoms with E-state index in [0.717, 1.165) is 42.7 Å². The number of hydrogen-bond donors (Lipinski definition) is 2. The first-order chi connectivity index (χ1) is 17.5. The summed E-state index contributed by atoms with van der Waals surface area (Å²) in [4.78, 5) is 22.6. The van der Waals surface area contributed by atoms with Crippen LogP contribution in [0.2, 0.25) is 0 Å². The van der Waals surface area contributed by atoms with Crippen LogP contribution in [-0.2, 0) is 11.3 Å². The summed E-state index contributed by atoms with van der Waals surface area (Å²) in [6, 6.07) is 23.3. The number of aliphatic imine (C=N–C) groups is 1. The van der Waals surface area contributed by atoms with Crippen molar-refractivity contribution in [2.24, 2.45) is 4.99 Å². The lowest BCUT2D eigenvalue weighted by molar-refractivity contribution is 0.0526. The van der Waals surface area contributed by atoms with Crippen LogP contribution in [0.1, 0.15) is 54.2 Å². The van der Waals surface area contributed by atoms with Crippen molar-refractivity contribution in [1.29, 1.82) is 0 Å². The average Bonchev–Trinajstić information content (AvgIpc) is 3.23. The number of H-pyrrole nitrogens is 1. The van der Waals surface area contributed by atoms with Crippen LogP contribution in [0.3, 0.4) is 0 Å². The minimum Gasteiger partial charge on any atom is -0.494 e. The van der Waals surface area contributed by atoms with Crippen molar-refractivity contribution >= 4 is 28.3 Å². The lowest BCUT2D eigenvalue weighted by Crippen LogP contribution is -2.23.